The van der Waals surface area contributed by atoms with Gasteiger partial charge in [-0.2, -0.15) is 0 Å². The molecule has 2 N–H and O–H groups in total. The maximum Gasteiger partial charge on any atom is 0.222 e. The predicted octanol–water partition coefficient (Wildman–Crippen LogP) is 1.45. The van der Waals surface area contributed by atoms with Crippen LogP contribution in [0.5, 0.6) is 0 Å². The molecule has 1 fully saturated rings. The number of nitrogens with zero attached hydrogens (tertiary/aromatic N) is 1. The number of likely N-dealkylation sites (N-methyl/N-ethyl adjacent to an activating group) is 1. The number of aliphatic hydroxyl groups is 1. The standard InChI is InChI=1S/C15H22N2O2/c1-11(13-5-3-4-12(8-13)10-18)16-14-6-7-15(19)17(2)9-14/h3-5,8,11,14,16,18H,6-7,9-10H2,1-2H3/t11-,14-/m0/s1. The zero-order chi connectivity index (χ0) is 13.8. The van der Waals surface area contributed by atoms with Crippen molar-refractivity contribution < 1.29 is 9.90 Å². The Morgan fingerprint density at radius 1 is 1.53 bits per heavy atom. The molecule has 4 nitrogen and oxygen atoms in total. The summed E-state index contributed by atoms with van der Waals surface area (Å²) in [6.07, 6.45) is 1.52. The first-order chi connectivity index (χ1) is 9.10. The highest BCUT2D eigenvalue weighted by molar-refractivity contribution is 5.76. The number of aliphatic hydroxyl groups excluding tert-OH is 1. The van der Waals surface area contributed by atoms with Gasteiger partial charge in [0.05, 0.1) is 6.61 Å². The summed E-state index contributed by atoms with van der Waals surface area (Å²) >= 11 is 0. The van der Waals surface area contributed by atoms with Gasteiger partial charge < -0.3 is 15.3 Å². The minimum Gasteiger partial charge on any atom is -0.392 e. The topological polar surface area (TPSA) is 52.6 Å². The Morgan fingerprint density at radius 2 is 2.32 bits per heavy atom. The van der Waals surface area contributed by atoms with Crippen molar-refractivity contribution in [1.29, 1.82) is 0 Å². The van der Waals surface area contributed by atoms with Crippen molar-refractivity contribution in [3.05, 3.63) is 35.4 Å². The highest BCUT2D eigenvalue weighted by Gasteiger charge is 2.23. The zero-order valence-corrected chi connectivity index (χ0v) is 11.6. The van der Waals surface area contributed by atoms with Gasteiger partial charge in [-0.1, -0.05) is 24.3 Å². The lowest BCUT2D eigenvalue weighted by molar-refractivity contribution is -0.132. The molecule has 1 amide bonds. The van der Waals surface area contributed by atoms with Crippen LogP contribution in [-0.2, 0) is 11.4 Å². The van der Waals surface area contributed by atoms with E-state index in [1.54, 1.807) is 4.90 Å². The summed E-state index contributed by atoms with van der Waals surface area (Å²) in [5.74, 6) is 0.230. The van der Waals surface area contributed by atoms with Crippen molar-refractivity contribution >= 4 is 5.91 Å². The lowest BCUT2D eigenvalue weighted by Gasteiger charge is -2.32. The Balaban J connectivity index is 1.96. The quantitative estimate of drug-likeness (QED) is 0.863. The maximum absolute atomic E-state index is 11.4. The van der Waals surface area contributed by atoms with Gasteiger partial charge in [0.1, 0.15) is 0 Å². The summed E-state index contributed by atoms with van der Waals surface area (Å²) in [6.45, 7) is 2.96. The van der Waals surface area contributed by atoms with Gasteiger partial charge >= 0.3 is 0 Å². The van der Waals surface area contributed by atoms with E-state index in [1.807, 2.05) is 25.2 Å². The number of piperidine rings is 1. The Kier molecular flexibility index (Phi) is 4.56. The molecule has 19 heavy (non-hydrogen) atoms. The van der Waals surface area contributed by atoms with Gasteiger partial charge in [-0.3, -0.25) is 4.79 Å². The van der Waals surface area contributed by atoms with Gasteiger partial charge in [-0.25, -0.2) is 0 Å². The smallest absolute Gasteiger partial charge is 0.222 e. The zero-order valence-electron chi connectivity index (χ0n) is 11.6. The van der Waals surface area contributed by atoms with E-state index in [0.29, 0.717) is 12.5 Å². The monoisotopic (exact) mass is 262 g/mol. The molecule has 0 saturated carbocycles. The lowest BCUT2D eigenvalue weighted by atomic mass is 10.0. The van der Waals surface area contributed by atoms with E-state index in [9.17, 15) is 4.79 Å². The third-order valence-corrected chi connectivity index (χ3v) is 3.75. The van der Waals surface area contributed by atoms with Crippen LogP contribution in [0.2, 0.25) is 0 Å². The second-order valence-corrected chi connectivity index (χ2v) is 5.30. The summed E-state index contributed by atoms with van der Waals surface area (Å²) in [7, 11) is 1.85. The van der Waals surface area contributed by atoms with Gasteiger partial charge in [0.25, 0.3) is 0 Å². The molecule has 1 aliphatic heterocycles. The van der Waals surface area contributed by atoms with Crippen LogP contribution in [0.15, 0.2) is 24.3 Å². The number of hydrogen-bond donors (Lipinski definition) is 2. The molecule has 0 spiro atoms. The molecule has 0 bridgehead atoms. The number of amides is 1. The second kappa shape index (κ2) is 6.17. The van der Waals surface area contributed by atoms with Crippen LogP contribution in [-0.4, -0.2) is 35.5 Å². The van der Waals surface area contributed by atoms with Gasteiger partial charge in [0.15, 0.2) is 0 Å². The minimum absolute atomic E-state index is 0.0707. The van der Waals surface area contributed by atoms with Crippen LogP contribution in [0.3, 0.4) is 0 Å². The van der Waals surface area contributed by atoms with E-state index in [-0.39, 0.29) is 18.6 Å². The van der Waals surface area contributed by atoms with Crippen LogP contribution in [0.1, 0.15) is 36.9 Å². The fourth-order valence-electron chi connectivity index (χ4n) is 2.56. The van der Waals surface area contributed by atoms with Crippen molar-refractivity contribution in [1.82, 2.24) is 10.2 Å². The van der Waals surface area contributed by atoms with Crippen molar-refractivity contribution in [3.63, 3.8) is 0 Å². The van der Waals surface area contributed by atoms with Crippen LogP contribution in [0, 0.1) is 0 Å². The first-order valence-electron chi connectivity index (χ1n) is 6.80. The number of benzene rings is 1. The number of likely N-dealkylation sites (tertiary alicyclic amines) is 1. The molecular weight excluding hydrogens is 240 g/mol. The van der Waals surface area contributed by atoms with Gasteiger partial charge in [0.2, 0.25) is 5.91 Å². The molecule has 104 valence electrons. The van der Waals surface area contributed by atoms with E-state index >= 15 is 0 Å². The van der Waals surface area contributed by atoms with Gasteiger partial charge in [-0.05, 0) is 24.5 Å². The molecular formula is C15H22N2O2. The summed E-state index contributed by atoms with van der Waals surface area (Å²) in [5.41, 5.74) is 2.10. The SMILES string of the molecule is C[C@H](N[C@H]1CCC(=O)N(C)C1)c1cccc(CO)c1. The summed E-state index contributed by atoms with van der Waals surface area (Å²) in [6, 6.07) is 8.54. The lowest BCUT2D eigenvalue weighted by Crippen LogP contribution is -2.47. The predicted molar refractivity (Wildman–Crippen MR) is 74.6 cm³/mol. The first kappa shape index (κ1) is 14.0. The molecule has 1 aromatic rings. The molecule has 1 aromatic carbocycles. The number of hydrogen-bond acceptors (Lipinski definition) is 3. The maximum atomic E-state index is 11.4. The van der Waals surface area contributed by atoms with Gasteiger partial charge in [0, 0.05) is 32.1 Å². The largest absolute Gasteiger partial charge is 0.392 e. The van der Waals surface area contributed by atoms with Crippen molar-refractivity contribution in [2.24, 2.45) is 0 Å². The van der Waals surface area contributed by atoms with E-state index in [2.05, 4.69) is 18.3 Å². The Morgan fingerprint density at radius 3 is 3.00 bits per heavy atom. The van der Waals surface area contributed by atoms with Crippen molar-refractivity contribution in [2.75, 3.05) is 13.6 Å². The number of nitrogens with one attached hydrogen (secondary N) is 1. The van der Waals surface area contributed by atoms with Crippen LogP contribution in [0.4, 0.5) is 0 Å². The number of carbonyl (C=O) groups excluding carboxylic acids is 1. The molecule has 1 heterocycles. The van der Waals surface area contributed by atoms with Gasteiger partial charge in [-0.15, -0.1) is 0 Å². The molecule has 0 unspecified atom stereocenters. The van der Waals surface area contributed by atoms with E-state index < -0.39 is 0 Å². The minimum atomic E-state index is 0.0707. The summed E-state index contributed by atoms with van der Waals surface area (Å²) in [5, 5.41) is 12.7. The van der Waals surface area contributed by atoms with Crippen molar-refractivity contribution in [2.45, 2.75) is 38.5 Å². The average Bonchev–Trinajstić information content (AvgIpc) is 2.43. The Hall–Kier alpha value is -1.39. The van der Waals surface area contributed by atoms with E-state index in [0.717, 1.165) is 18.5 Å². The molecule has 2 atom stereocenters. The molecule has 0 aliphatic carbocycles. The third-order valence-electron chi connectivity index (χ3n) is 3.75. The molecule has 2 rings (SSSR count). The average molecular weight is 262 g/mol. The first-order valence-corrected chi connectivity index (χ1v) is 6.80. The Labute approximate surface area is 114 Å². The second-order valence-electron chi connectivity index (χ2n) is 5.30. The third kappa shape index (κ3) is 3.55. The molecule has 1 aliphatic rings. The highest BCUT2D eigenvalue weighted by atomic mass is 16.3. The molecule has 1 saturated heterocycles. The van der Waals surface area contributed by atoms with Crippen LogP contribution < -0.4 is 5.32 Å². The molecule has 0 aromatic heterocycles. The van der Waals surface area contributed by atoms with Crippen LogP contribution >= 0.6 is 0 Å². The fourth-order valence-corrected chi connectivity index (χ4v) is 2.56. The summed E-state index contributed by atoms with van der Waals surface area (Å²) in [4.78, 5) is 13.2. The molecule has 0 radical (unpaired) electrons. The Bertz CT molecular complexity index is 448. The van der Waals surface area contributed by atoms with E-state index in [4.69, 9.17) is 5.11 Å². The highest BCUT2D eigenvalue weighted by Crippen LogP contribution is 2.18. The fraction of sp³-hybridized carbons (Fsp3) is 0.533. The number of rotatable bonds is 4. The van der Waals surface area contributed by atoms with Crippen LogP contribution in [0.25, 0.3) is 0 Å². The number of carbonyl (C=O) groups is 1. The van der Waals surface area contributed by atoms with Crippen molar-refractivity contribution in [3.8, 4) is 0 Å². The molecule has 4 heteroatoms. The summed E-state index contributed by atoms with van der Waals surface area (Å²) < 4.78 is 0. The van der Waals surface area contributed by atoms with E-state index in [1.165, 1.54) is 5.56 Å². The normalized spacial score (nSPS) is 21.5.